The van der Waals surface area contributed by atoms with Crippen LogP contribution in [0.5, 0.6) is 5.75 Å². The number of ether oxygens (including phenoxy) is 2. The number of esters is 1. The highest BCUT2D eigenvalue weighted by molar-refractivity contribution is 5.89. The highest BCUT2D eigenvalue weighted by Crippen LogP contribution is 2.29. The van der Waals surface area contributed by atoms with Crippen LogP contribution in [0.2, 0.25) is 0 Å². The number of benzene rings is 3. The fourth-order valence-electron chi connectivity index (χ4n) is 6.25. The van der Waals surface area contributed by atoms with E-state index in [-0.39, 0.29) is 11.8 Å². The molecule has 0 bridgehead atoms. The van der Waals surface area contributed by atoms with E-state index in [9.17, 15) is 9.18 Å². The van der Waals surface area contributed by atoms with E-state index in [1.54, 1.807) is 30.3 Å². The van der Waals surface area contributed by atoms with Crippen molar-refractivity contribution in [2.75, 3.05) is 13.2 Å². The van der Waals surface area contributed by atoms with Gasteiger partial charge in [0.2, 0.25) is 5.82 Å². The number of halogens is 1. The molecule has 6 nitrogen and oxygen atoms in total. The van der Waals surface area contributed by atoms with Crippen molar-refractivity contribution in [3.8, 4) is 39.7 Å². The third-order valence-electron chi connectivity index (χ3n) is 9.44. The molecule has 51 heavy (non-hydrogen) atoms. The highest BCUT2D eigenvalue weighted by atomic mass is 19.1. The van der Waals surface area contributed by atoms with Crippen LogP contribution < -0.4 is 4.74 Å². The van der Waals surface area contributed by atoms with Crippen LogP contribution in [0.3, 0.4) is 0 Å². The Morgan fingerprint density at radius 3 is 1.65 bits per heavy atom. The molecule has 0 amide bonds. The molecule has 0 atom stereocenters. The van der Waals surface area contributed by atoms with Crippen LogP contribution in [0.25, 0.3) is 34.0 Å². The zero-order chi connectivity index (χ0) is 35.9. The summed E-state index contributed by atoms with van der Waals surface area (Å²) in [5.41, 5.74) is 3.63. The minimum atomic E-state index is -0.357. The van der Waals surface area contributed by atoms with Gasteiger partial charge in [-0.25, -0.2) is 9.18 Å². The minimum absolute atomic E-state index is 0.297. The first-order chi connectivity index (χ1) is 25.1. The lowest BCUT2D eigenvalue weighted by atomic mass is 10.0. The van der Waals surface area contributed by atoms with Gasteiger partial charge in [0.1, 0.15) is 0 Å². The number of nitrogens with zero attached hydrogens (tertiary/aromatic N) is 2. The first-order valence-corrected chi connectivity index (χ1v) is 19.7. The molecule has 0 fully saturated rings. The Bertz CT molecular complexity index is 1530. The molecule has 0 saturated carbocycles. The largest absolute Gasteiger partial charge is 0.491 e. The number of unbranched alkanes of at least 4 members (excludes halogenated alkanes) is 17. The predicted molar refractivity (Wildman–Crippen MR) is 205 cm³/mol. The van der Waals surface area contributed by atoms with E-state index >= 15 is 0 Å². The topological polar surface area (TPSA) is 74.5 Å². The van der Waals surface area contributed by atoms with Crippen LogP contribution in [-0.4, -0.2) is 29.3 Å². The van der Waals surface area contributed by atoms with Gasteiger partial charge < -0.3 is 14.0 Å². The number of carbonyl (C=O) groups excluding carboxylic acids is 1. The third-order valence-corrected chi connectivity index (χ3v) is 9.44. The van der Waals surface area contributed by atoms with Gasteiger partial charge in [-0.15, -0.1) is 0 Å². The van der Waals surface area contributed by atoms with Gasteiger partial charge in [-0.1, -0.05) is 158 Å². The van der Waals surface area contributed by atoms with Crippen LogP contribution in [0.4, 0.5) is 4.39 Å². The smallest absolute Gasteiger partial charge is 0.338 e. The van der Waals surface area contributed by atoms with E-state index in [0.29, 0.717) is 36.2 Å². The Morgan fingerprint density at radius 1 is 0.588 bits per heavy atom. The standard InChI is InChI=1S/C44H59FN2O4/c1-3-5-7-9-11-12-13-14-15-16-17-19-20-32-49-41-31-30-39(34-40(41)45)35-22-26-37(27-23-35)43-46-42(47-51-43)36-24-28-38(29-25-36)44(48)50-33-21-18-10-8-6-4-2/h22-31,34H,3-21,32-33H2,1-2H3. The van der Waals surface area contributed by atoms with Gasteiger partial charge in [-0.2, -0.15) is 4.98 Å². The van der Waals surface area contributed by atoms with E-state index in [0.717, 1.165) is 47.9 Å². The molecular formula is C44H59FN2O4. The molecule has 3 aromatic carbocycles. The molecule has 0 spiro atoms. The van der Waals surface area contributed by atoms with Crippen molar-refractivity contribution in [3.63, 3.8) is 0 Å². The van der Waals surface area contributed by atoms with Crippen molar-refractivity contribution in [2.24, 2.45) is 0 Å². The fraction of sp³-hybridized carbons (Fsp3) is 0.523. The molecule has 0 saturated heterocycles. The van der Waals surface area contributed by atoms with Gasteiger partial charge in [-0.05, 0) is 60.4 Å². The molecule has 4 aromatic rings. The van der Waals surface area contributed by atoms with E-state index in [4.69, 9.17) is 14.0 Å². The molecule has 0 aliphatic carbocycles. The molecule has 0 aliphatic heterocycles. The summed E-state index contributed by atoms with van der Waals surface area (Å²) >= 11 is 0. The van der Waals surface area contributed by atoms with Crippen molar-refractivity contribution in [1.82, 2.24) is 10.1 Å². The third kappa shape index (κ3) is 14.3. The summed E-state index contributed by atoms with van der Waals surface area (Å²) in [4.78, 5) is 17.0. The van der Waals surface area contributed by atoms with Gasteiger partial charge in [0, 0.05) is 11.1 Å². The van der Waals surface area contributed by atoms with Crippen molar-refractivity contribution in [1.29, 1.82) is 0 Å². The second-order valence-corrected chi connectivity index (χ2v) is 13.7. The lowest BCUT2D eigenvalue weighted by molar-refractivity contribution is 0.0497. The Kier molecular flexibility index (Phi) is 18.3. The Hall–Kier alpha value is -4.00. The second-order valence-electron chi connectivity index (χ2n) is 13.7. The Labute approximate surface area is 305 Å². The molecule has 0 N–H and O–H groups in total. The fourth-order valence-corrected chi connectivity index (χ4v) is 6.25. The number of rotatable bonds is 26. The van der Waals surface area contributed by atoms with Crippen LogP contribution in [0.1, 0.15) is 146 Å². The maximum atomic E-state index is 14.9. The van der Waals surface area contributed by atoms with Crippen molar-refractivity contribution in [3.05, 3.63) is 78.1 Å². The molecular weight excluding hydrogens is 639 g/mol. The van der Waals surface area contributed by atoms with E-state index in [2.05, 4.69) is 24.0 Å². The first kappa shape index (κ1) is 39.8. The maximum absolute atomic E-state index is 14.9. The Balaban J connectivity index is 1.15. The minimum Gasteiger partial charge on any atom is -0.491 e. The lowest BCUT2D eigenvalue weighted by Crippen LogP contribution is -2.06. The van der Waals surface area contributed by atoms with Crippen LogP contribution in [0.15, 0.2) is 71.3 Å². The zero-order valence-electron chi connectivity index (χ0n) is 31.1. The number of hydrogen-bond donors (Lipinski definition) is 0. The van der Waals surface area contributed by atoms with Gasteiger partial charge in [0.25, 0.3) is 5.89 Å². The number of aromatic nitrogens is 2. The molecule has 276 valence electrons. The van der Waals surface area contributed by atoms with Gasteiger partial charge in [-0.3, -0.25) is 0 Å². The lowest BCUT2D eigenvalue weighted by Gasteiger charge is -2.09. The van der Waals surface area contributed by atoms with E-state index in [1.165, 1.54) is 102 Å². The van der Waals surface area contributed by atoms with Crippen molar-refractivity contribution in [2.45, 2.75) is 136 Å². The number of hydrogen-bond acceptors (Lipinski definition) is 6. The summed E-state index contributed by atoms with van der Waals surface area (Å²) in [6, 6.07) is 19.7. The molecule has 7 heteroatoms. The highest BCUT2D eigenvalue weighted by Gasteiger charge is 2.14. The normalized spacial score (nSPS) is 11.2. The van der Waals surface area contributed by atoms with Crippen LogP contribution >= 0.6 is 0 Å². The van der Waals surface area contributed by atoms with Gasteiger partial charge in [0.15, 0.2) is 11.6 Å². The second kappa shape index (κ2) is 23.5. The monoisotopic (exact) mass is 698 g/mol. The van der Waals surface area contributed by atoms with Crippen LogP contribution in [-0.2, 0) is 4.74 Å². The van der Waals surface area contributed by atoms with Crippen molar-refractivity contribution < 1.29 is 23.2 Å². The molecule has 0 radical (unpaired) electrons. The summed E-state index contributed by atoms with van der Waals surface area (Å²) in [7, 11) is 0. The molecule has 4 rings (SSSR count). The van der Waals surface area contributed by atoms with E-state index < -0.39 is 0 Å². The quantitative estimate of drug-likeness (QED) is 0.0480. The maximum Gasteiger partial charge on any atom is 0.338 e. The summed E-state index contributed by atoms with van der Waals surface area (Å²) in [6.45, 7) is 5.44. The average Bonchev–Trinajstić information content (AvgIpc) is 3.66. The SMILES string of the molecule is CCCCCCCCCCCCCCCOc1ccc(-c2ccc(-c3nc(-c4ccc(C(=O)OCCCCCCCC)cc4)no3)cc2)cc1F. The molecule has 1 heterocycles. The summed E-state index contributed by atoms with van der Waals surface area (Å²) < 4.78 is 31.6. The zero-order valence-corrected chi connectivity index (χ0v) is 31.1. The summed E-state index contributed by atoms with van der Waals surface area (Å²) in [5.74, 6) is 0.423. The van der Waals surface area contributed by atoms with Crippen molar-refractivity contribution >= 4 is 5.97 Å². The first-order valence-electron chi connectivity index (χ1n) is 19.7. The molecule has 0 aliphatic rings. The average molecular weight is 699 g/mol. The van der Waals surface area contributed by atoms with E-state index in [1.807, 2.05) is 30.3 Å². The molecule has 0 unspecified atom stereocenters. The summed E-state index contributed by atoms with van der Waals surface area (Å²) in [5, 5.41) is 4.13. The summed E-state index contributed by atoms with van der Waals surface area (Å²) in [6.07, 6.45) is 23.7. The predicted octanol–water partition coefficient (Wildman–Crippen LogP) is 13.2. The number of carbonyl (C=O) groups is 1. The van der Waals surface area contributed by atoms with Crippen LogP contribution in [0, 0.1) is 5.82 Å². The Morgan fingerprint density at radius 2 is 1.08 bits per heavy atom. The van der Waals surface area contributed by atoms with Gasteiger partial charge >= 0.3 is 5.97 Å². The van der Waals surface area contributed by atoms with Gasteiger partial charge in [0.05, 0.1) is 18.8 Å². The molecule has 1 aromatic heterocycles.